The van der Waals surface area contributed by atoms with Gasteiger partial charge in [0.05, 0.1) is 31.9 Å². The van der Waals surface area contributed by atoms with Gasteiger partial charge in [0.15, 0.2) is 0 Å². The predicted octanol–water partition coefficient (Wildman–Crippen LogP) is 3.55. The van der Waals surface area contributed by atoms with Crippen molar-refractivity contribution < 1.29 is 33.4 Å². The van der Waals surface area contributed by atoms with Crippen molar-refractivity contribution in [1.82, 2.24) is 30.5 Å². The number of nitrogens with one attached hydrogen (secondary N) is 5. The molecule has 5 N–H and O–H groups in total. The Morgan fingerprint density at radius 2 is 1.56 bits per heavy atom. The van der Waals surface area contributed by atoms with Crippen molar-refractivity contribution in [2.45, 2.75) is 60.3 Å². The summed E-state index contributed by atoms with van der Waals surface area (Å²) in [4.78, 5) is 76.4. The Morgan fingerprint density at radius 3 is 2.22 bits per heavy atom. The lowest BCUT2D eigenvalue weighted by atomic mass is 9.85. The van der Waals surface area contributed by atoms with Crippen LogP contribution in [0.4, 0.5) is 0 Å². The first kappa shape index (κ1) is 38.6. The zero-order valence-corrected chi connectivity index (χ0v) is 32.4. The Balaban J connectivity index is 1.63. The van der Waals surface area contributed by atoms with Crippen molar-refractivity contribution in [3.63, 3.8) is 0 Å². The molecule has 3 amide bonds. The molecule has 0 radical (unpaired) electrons. The summed E-state index contributed by atoms with van der Waals surface area (Å²) < 4.78 is 10.2. The van der Waals surface area contributed by atoms with Crippen LogP contribution in [0.25, 0.3) is 29.9 Å². The van der Waals surface area contributed by atoms with Gasteiger partial charge in [0.25, 0.3) is 17.7 Å². The lowest BCUT2D eigenvalue weighted by molar-refractivity contribution is -0.141. The molecule has 0 unspecified atom stereocenters. The van der Waals surface area contributed by atoms with Gasteiger partial charge in [0.1, 0.15) is 0 Å². The molecule has 0 aliphatic carbocycles. The maximum absolute atomic E-state index is 14.3. The van der Waals surface area contributed by atoms with E-state index in [1.165, 1.54) is 26.4 Å². The van der Waals surface area contributed by atoms with Gasteiger partial charge in [0, 0.05) is 93.8 Å². The number of hydrogen-bond donors (Lipinski definition) is 5. The van der Waals surface area contributed by atoms with Crippen LogP contribution < -0.4 is 21.3 Å². The van der Waals surface area contributed by atoms with Gasteiger partial charge in [-0.05, 0) is 74.1 Å². The van der Waals surface area contributed by atoms with E-state index in [4.69, 9.17) is 9.47 Å². The summed E-state index contributed by atoms with van der Waals surface area (Å²) in [7, 11) is 2.67. The van der Waals surface area contributed by atoms with Gasteiger partial charge in [-0.2, -0.15) is 0 Å². The fourth-order valence-corrected chi connectivity index (χ4v) is 7.91. The van der Waals surface area contributed by atoms with Crippen molar-refractivity contribution in [2.24, 2.45) is 11.8 Å². The highest BCUT2D eigenvalue weighted by Gasteiger charge is 2.37. The molecule has 1 saturated heterocycles. The van der Waals surface area contributed by atoms with Crippen LogP contribution in [0.1, 0.15) is 94.1 Å². The summed E-state index contributed by atoms with van der Waals surface area (Å²) in [5.74, 6) is -2.65. The molecule has 2 atom stereocenters. The SMILES string of the molecule is C=Cc1c2[nH]c(c1C)C=C1NC(=C(CC(=O)OC)c3[nH]c(c(C)c3C(=O)NCCN3C(=O)C=CC3=O)C=c3[nH]c(c(C)c3CC)=C2)[C@@H](CCC(=O)OC)[C@@H]1C. The van der Waals surface area contributed by atoms with Gasteiger partial charge < -0.3 is 35.1 Å². The molecule has 13 nitrogen and oxygen atoms in total. The number of rotatable bonds is 11. The molecule has 3 aliphatic rings. The summed E-state index contributed by atoms with van der Waals surface area (Å²) in [6.45, 7) is 14.2. The van der Waals surface area contributed by atoms with Crippen molar-refractivity contribution in [1.29, 1.82) is 0 Å². The smallest absolute Gasteiger partial charge is 0.310 e. The van der Waals surface area contributed by atoms with Crippen LogP contribution >= 0.6 is 0 Å². The van der Waals surface area contributed by atoms with Crippen molar-refractivity contribution >= 4 is 59.5 Å². The minimum Gasteiger partial charge on any atom is -0.469 e. The molecular weight excluding hydrogens is 700 g/mol. The number of aromatic amines is 3. The Morgan fingerprint density at radius 1 is 0.891 bits per heavy atom. The van der Waals surface area contributed by atoms with Crippen LogP contribution in [0.5, 0.6) is 0 Å². The van der Waals surface area contributed by atoms with E-state index >= 15 is 0 Å². The van der Waals surface area contributed by atoms with E-state index in [2.05, 4.69) is 65.1 Å². The number of methoxy groups -OCH3 is 2. The quantitative estimate of drug-likeness (QED) is 0.146. The summed E-state index contributed by atoms with van der Waals surface area (Å²) >= 11 is 0. The van der Waals surface area contributed by atoms with Crippen molar-refractivity contribution in [2.75, 3.05) is 27.3 Å². The summed E-state index contributed by atoms with van der Waals surface area (Å²) in [5.41, 5.74) is 9.94. The number of esters is 2. The predicted molar refractivity (Wildman–Crippen MR) is 209 cm³/mol. The molecule has 0 spiro atoms. The zero-order valence-electron chi connectivity index (χ0n) is 32.4. The standard InChI is InChI=1S/C42H48N6O7/c1-9-25-21(3)29-18-31-23(5)27(11-14-37(51)54-7)40(46-31)28(17-38(52)55-8)41-39(42(53)43-15-16-48-35(49)12-13-36(48)50)24(6)32(47-41)20-34-26(10-2)22(4)30(45-34)19-33(25)44-29/h9,12-13,18-20,23,27,44-47H,1,10-11,14-17H2,2-8H3,(H,43,53)/t23-,27-/m0/s1. The fraction of sp³-hybridized carbons (Fsp3) is 0.357. The average Bonchev–Trinajstić information content (AvgIpc) is 3.92. The highest BCUT2D eigenvalue weighted by atomic mass is 16.5. The zero-order chi connectivity index (χ0) is 39.7. The summed E-state index contributed by atoms with van der Waals surface area (Å²) in [6, 6.07) is 0. The Bertz CT molecular complexity index is 2330. The second-order valence-corrected chi connectivity index (χ2v) is 14.1. The highest BCUT2D eigenvalue weighted by Crippen LogP contribution is 2.43. The molecule has 55 heavy (non-hydrogen) atoms. The van der Waals surface area contributed by atoms with Crippen LogP contribution in [0, 0.1) is 32.6 Å². The van der Waals surface area contributed by atoms with Gasteiger partial charge in [-0.3, -0.25) is 28.9 Å². The molecule has 1 fully saturated rings. The number of aromatic nitrogens is 3. The van der Waals surface area contributed by atoms with E-state index in [1.54, 1.807) is 0 Å². The minimum absolute atomic E-state index is 0.00689. The average molecular weight is 749 g/mol. The third-order valence-electron chi connectivity index (χ3n) is 11.1. The third kappa shape index (κ3) is 7.26. The van der Waals surface area contributed by atoms with E-state index in [9.17, 15) is 24.0 Å². The highest BCUT2D eigenvalue weighted by molar-refractivity contribution is 6.13. The Labute approximate surface area is 319 Å². The number of carbonyl (C=O) groups is 5. The van der Waals surface area contributed by atoms with Crippen LogP contribution in [-0.2, 0) is 35.1 Å². The molecule has 6 heterocycles. The number of ether oxygens (including phenoxy) is 2. The number of fused-ring (bicyclic) bond motifs is 8. The van der Waals surface area contributed by atoms with Gasteiger partial charge in [-0.15, -0.1) is 0 Å². The van der Waals surface area contributed by atoms with Crippen molar-refractivity contribution in [3.8, 4) is 0 Å². The molecule has 288 valence electrons. The van der Waals surface area contributed by atoms with E-state index in [1.807, 2.05) is 26.0 Å². The molecule has 8 bridgehead atoms. The molecule has 0 saturated carbocycles. The normalized spacial score (nSPS) is 17.4. The number of carbonyl (C=O) groups excluding carboxylic acids is 5. The molecule has 3 aliphatic heterocycles. The maximum Gasteiger partial charge on any atom is 0.310 e. The largest absolute Gasteiger partial charge is 0.469 e. The van der Waals surface area contributed by atoms with Crippen LogP contribution in [0.2, 0.25) is 0 Å². The van der Waals surface area contributed by atoms with Crippen LogP contribution in [-0.4, -0.2) is 76.8 Å². The molecule has 0 aromatic carbocycles. The Hall–Kier alpha value is -6.11. The minimum atomic E-state index is -0.521. The first-order valence-corrected chi connectivity index (χ1v) is 18.5. The number of amides is 3. The van der Waals surface area contributed by atoms with Crippen molar-refractivity contribution in [3.05, 3.63) is 97.0 Å². The number of allylic oxidation sites excluding steroid dienone is 2. The molecular formula is C42H48N6O7. The molecule has 3 aromatic heterocycles. The fourth-order valence-electron chi connectivity index (χ4n) is 7.91. The number of imide groups is 1. The Kier molecular flexibility index (Phi) is 11.0. The summed E-state index contributed by atoms with van der Waals surface area (Å²) in [6.07, 6.45) is 11.4. The number of nitrogens with zero attached hydrogens (tertiary/aromatic N) is 1. The maximum atomic E-state index is 14.3. The first-order chi connectivity index (χ1) is 26.3. The molecule has 13 heteroatoms. The van der Waals surface area contributed by atoms with Crippen LogP contribution in [0.15, 0.2) is 30.1 Å². The first-order valence-electron chi connectivity index (χ1n) is 18.5. The monoisotopic (exact) mass is 748 g/mol. The molecule has 6 rings (SSSR count). The summed E-state index contributed by atoms with van der Waals surface area (Å²) in [5, 5.41) is 8.31. The number of H-pyrrole nitrogens is 3. The van der Waals surface area contributed by atoms with Gasteiger partial charge in [-0.25, -0.2) is 0 Å². The number of hydrogen-bond acceptors (Lipinski definition) is 8. The van der Waals surface area contributed by atoms with Gasteiger partial charge in [0.2, 0.25) is 0 Å². The van der Waals surface area contributed by atoms with E-state index in [0.29, 0.717) is 40.2 Å². The topological polar surface area (TPSA) is 178 Å². The van der Waals surface area contributed by atoms with E-state index in [-0.39, 0.29) is 43.7 Å². The second kappa shape index (κ2) is 15.7. The van der Waals surface area contributed by atoms with E-state index in [0.717, 1.165) is 61.4 Å². The van der Waals surface area contributed by atoms with E-state index < -0.39 is 23.7 Å². The molecule has 3 aromatic rings. The lowest BCUT2D eigenvalue weighted by Gasteiger charge is -2.19. The van der Waals surface area contributed by atoms with Gasteiger partial charge in [-0.1, -0.05) is 26.5 Å². The lowest BCUT2D eigenvalue weighted by Crippen LogP contribution is -2.38. The van der Waals surface area contributed by atoms with Crippen LogP contribution in [0.3, 0.4) is 0 Å². The van der Waals surface area contributed by atoms with Gasteiger partial charge >= 0.3 is 11.9 Å². The second-order valence-electron chi connectivity index (χ2n) is 14.1. The third-order valence-corrected chi connectivity index (χ3v) is 11.1.